The largest absolute Gasteiger partial charge is 0.227 e. The van der Waals surface area contributed by atoms with Gasteiger partial charge in [-0.1, -0.05) is 0 Å². The summed E-state index contributed by atoms with van der Waals surface area (Å²) in [5.41, 5.74) is 0.690. The fourth-order valence-electron chi connectivity index (χ4n) is 1.09. The Bertz CT molecular complexity index is 506. The monoisotopic (exact) mass is 287 g/mol. The fraction of sp³-hybridized carbons (Fsp3) is 0. The quantitative estimate of drug-likeness (QED) is 0.598. The lowest BCUT2D eigenvalue weighted by molar-refractivity contribution is 0.586. The number of halogens is 3. The maximum atomic E-state index is 13.4. The van der Waals surface area contributed by atoms with Crippen LogP contribution in [0.15, 0.2) is 29.0 Å². The first-order valence-corrected chi connectivity index (χ1v) is 5.14. The van der Waals surface area contributed by atoms with Crippen molar-refractivity contribution in [2.75, 3.05) is 0 Å². The Morgan fingerprint density at radius 3 is 2.87 bits per heavy atom. The summed E-state index contributed by atoms with van der Waals surface area (Å²) >= 11 is 8.82. The van der Waals surface area contributed by atoms with Crippen LogP contribution in [0.1, 0.15) is 0 Å². The molecule has 2 aromatic heterocycles. The summed E-state index contributed by atoms with van der Waals surface area (Å²) in [5, 5.41) is 0.0758. The highest BCUT2D eigenvalue weighted by Crippen LogP contribution is 2.23. The van der Waals surface area contributed by atoms with Crippen LogP contribution in [0.2, 0.25) is 5.28 Å². The molecule has 0 atom stereocenters. The van der Waals surface area contributed by atoms with E-state index in [-0.39, 0.29) is 10.8 Å². The van der Waals surface area contributed by atoms with Crippen LogP contribution in [-0.4, -0.2) is 15.0 Å². The molecule has 0 amide bonds. The molecule has 76 valence electrons. The van der Waals surface area contributed by atoms with Crippen molar-refractivity contribution in [1.82, 2.24) is 15.0 Å². The lowest BCUT2D eigenvalue weighted by Crippen LogP contribution is -1.92. The summed E-state index contributed by atoms with van der Waals surface area (Å²) in [5.74, 6) is -0.590. The average molecular weight is 289 g/mol. The summed E-state index contributed by atoms with van der Waals surface area (Å²) in [6.45, 7) is 0. The molecule has 0 spiro atoms. The number of pyridine rings is 1. The van der Waals surface area contributed by atoms with E-state index < -0.39 is 5.95 Å². The van der Waals surface area contributed by atoms with Gasteiger partial charge in [-0.05, 0) is 39.7 Å². The Morgan fingerprint density at radius 1 is 1.33 bits per heavy atom. The minimum atomic E-state index is -0.590. The first kappa shape index (κ1) is 10.4. The van der Waals surface area contributed by atoms with Gasteiger partial charge in [0.1, 0.15) is 0 Å². The molecule has 0 radical (unpaired) electrons. The van der Waals surface area contributed by atoms with Gasteiger partial charge in [-0.2, -0.15) is 4.39 Å². The van der Waals surface area contributed by atoms with Crippen LogP contribution in [0.5, 0.6) is 0 Å². The molecule has 0 N–H and O–H groups in total. The van der Waals surface area contributed by atoms with Gasteiger partial charge in [-0.25, -0.2) is 15.0 Å². The predicted octanol–water partition coefficient (Wildman–Crippen LogP) is 3.09. The van der Waals surface area contributed by atoms with E-state index >= 15 is 0 Å². The molecule has 15 heavy (non-hydrogen) atoms. The summed E-state index contributed by atoms with van der Waals surface area (Å²) < 4.78 is 14.0. The summed E-state index contributed by atoms with van der Waals surface area (Å²) in [7, 11) is 0. The van der Waals surface area contributed by atoms with Crippen LogP contribution in [0.4, 0.5) is 4.39 Å². The van der Waals surface area contributed by atoms with E-state index in [2.05, 4.69) is 30.9 Å². The van der Waals surface area contributed by atoms with Crippen molar-refractivity contribution in [3.8, 4) is 11.3 Å². The minimum Gasteiger partial charge on any atom is -0.227 e. The van der Waals surface area contributed by atoms with Crippen molar-refractivity contribution in [2.24, 2.45) is 0 Å². The number of aromatic nitrogens is 3. The zero-order valence-electron chi connectivity index (χ0n) is 7.28. The summed E-state index contributed by atoms with van der Waals surface area (Å²) in [4.78, 5) is 11.2. The van der Waals surface area contributed by atoms with Crippen molar-refractivity contribution in [2.45, 2.75) is 0 Å². The van der Waals surface area contributed by atoms with Crippen LogP contribution in [0.3, 0.4) is 0 Å². The highest BCUT2D eigenvalue weighted by atomic mass is 79.9. The molecular weight excluding hydrogens is 284 g/mol. The third-order valence-corrected chi connectivity index (χ3v) is 2.32. The maximum absolute atomic E-state index is 13.4. The Labute approximate surface area is 98.5 Å². The van der Waals surface area contributed by atoms with Crippen molar-refractivity contribution in [3.05, 3.63) is 40.2 Å². The molecule has 2 rings (SSSR count). The molecule has 0 unspecified atom stereocenters. The Kier molecular flexibility index (Phi) is 2.93. The van der Waals surface area contributed by atoms with Crippen molar-refractivity contribution in [3.63, 3.8) is 0 Å². The number of hydrogen-bond acceptors (Lipinski definition) is 3. The molecular formula is C9H4BrClFN3. The Morgan fingerprint density at radius 2 is 2.13 bits per heavy atom. The fourth-order valence-corrected chi connectivity index (χ4v) is 1.57. The van der Waals surface area contributed by atoms with Gasteiger partial charge in [0.2, 0.25) is 11.2 Å². The van der Waals surface area contributed by atoms with Gasteiger partial charge in [-0.3, -0.25) is 0 Å². The van der Waals surface area contributed by atoms with E-state index in [1.165, 1.54) is 12.4 Å². The van der Waals surface area contributed by atoms with Gasteiger partial charge in [0, 0.05) is 16.9 Å². The Balaban J connectivity index is 2.58. The standard InChI is InChI=1S/C9H4BrClFN3/c10-5-3-6(8(12)14-4-5)7-1-2-13-9(11)15-7/h1-4H. The molecule has 0 aromatic carbocycles. The first-order valence-electron chi connectivity index (χ1n) is 3.97. The summed E-state index contributed by atoms with van der Waals surface area (Å²) in [6, 6.07) is 3.15. The SMILES string of the molecule is Fc1ncc(Br)cc1-c1ccnc(Cl)n1. The van der Waals surface area contributed by atoms with Crippen LogP contribution < -0.4 is 0 Å². The lowest BCUT2D eigenvalue weighted by atomic mass is 10.2. The van der Waals surface area contributed by atoms with E-state index in [0.29, 0.717) is 10.2 Å². The third-order valence-electron chi connectivity index (χ3n) is 1.71. The van der Waals surface area contributed by atoms with Gasteiger partial charge in [0.05, 0.1) is 11.3 Å². The molecule has 0 saturated heterocycles. The molecule has 2 heterocycles. The first-order chi connectivity index (χ1) is 7.16. The molecule has 0 bridgehead atoms. The van der Waals surface area contributed by atoms with Crippen molar-refractivity contribution in [1.29, 1.82) is 0 Å². The normalized spacial score (nSPS) is 10.3. The predicted molar refractivity (Wildman–Crippen MR) is 57.9 cm³/mol. The number of hydrogen-bond donors (Lipinski definition) is 0. The van der Waals surface area contributed by atoms with Crippen LogP contribution in [-0.2, 0) is 0 Å². The smallest absolute Gasteiger partial charge is 0.222 e. The molecule has 2 aromatic rings. The van der Waals surface area contributed by atoms with E-state index in [0.717, 1.165) is 0 Å². The highest BCUT2D eigenvalue weighted by Gasteiger charge is 2.08. The average Bonchev–Trinajstić information content (AvgIpc) is 2.22. The van der Waals surface area contributed by atoms with E-state index in [4.69, 9.17) is 11.6 Å². The summed E-state index contributed by atoms with van der Waals surface area (Å²) in [6.07, 6.45) is 2.84. The topological polar surface area (TPSA) is 38.7 Å². The molecule has 0 aliphatic carbocycles. The molecule has 0 saturated carbocycles. The number of rotatable bonds is 1. The molecule has 6 heteroatoms. The van der Waals surface area contributed by atoms with Crippen LogP contribution in [0.25, 0.3) is 11.3 Å². The minimum absolute atomic E-state index is 0.0758. The highest BCUT2D eigenvalue weighted by molar-refractivity contribution is 9.10. The lowest BCUT2D eigenvalue weighted by Gasteiger charge is -2.02. The second-order valence-electron chi connectivity index (χ2n) is 2.70. The molecule has 0 aliphatic heterocycles. The van der Waals surface area contributed by atoms with E-state index in [9.17, 15) is 4.39 Å². The van der Waals surface area contributed by atoms with Crippen molar-refractivity contribution < 1.29 is 4.39 Å². The van der Waals surface area contributed by atoms with E-state index in [1.807, 2.05) is 0 Å². The second kappa shape index (κ2) is 4.20. The van der Waals surface area contributed by atoms with Gasteiger partial charge in [0.15, 0.2) is 0 Å². The Hall–Kier alpha value is -1.07. The zero-order valence-corrected chi connectivity index (χ0v) is 9.63. The van der Waals surface area contributed by atoms with Crippen LogP contribution >= 0.6 is 27.5 Å². The van der Waals surface area contributed by atoms with Gasteiger partial charge >= 0.3 is 0 Å². The van der Waals surface area contributed by atoms with Gasteiger partial charge in [0.25, 0.3) is 0 Å². The van der Waals surface area contributed by atoms with Gasteiger partial charge < -0.3 is 0 Å². The third kappa shape index (κ3) is 2.30. The van der Waals surface area contributed by atoms with Crippen LogP contribution in [0, 0.1) is 5.95 Å². The second-order valence-corrected chi connectivity index (χ2v) is 3.96. The zero-order chi connectivity index (χ0) is 10.8. The maximum Gasteiger partial charge on any atom is 0.222 e. The number of nitrogens with zero attached hydrogens (tertiary/aromatic N) is 3. The van der Waals surface area contributed by atoms with E-state index in [1.54, 1.807) is 12.1 Å². The molecule has 0 aliphatic rings. The van der Waals surface area contributed by atoms with Crippen molar-refractivity contribution >= 4 is 27.5 Å². The van der Waals surface area contributed by atoms with Gasteiger partial charge in [-0.15, -0.1) is 0 Å². The molecule has 0 fully saturated rings. The molecule has 3 nitrogen and oxygen atoms in total.